The van der Waals surface area contributed by atoms with E-state index in [4.69, 9.17) is 37.2 Å². The number of aromatic nitrogens is 1. The molecule has 0 radical (unpaired) electrons. The van der Waals surface area contributed by atoms with E-state index in [1.807, 2.05) is 26.0 Å². The molecule has 1 aliphatic heterocycles. The predicted molar refractivity (Wildman–Crippen MR) is 148 cm³/mol. The van der Waals surface area contributed by atoms with Crippen molar-refractivity contribution < 1.29 is 23.2 Å². The van der Waals surface area contributed by atoms with Crippen LogP contribution >= 0.6 is 23.2 Å². The summed E-state index contributed by atoms with van der Waals surface area (Å²) < 4.78 is 32.3. The van der Waals surface area contributed by atoms with Gasteiger partial charge in [-0.2, -0.15) is 0 Å². The van der Waals surface area contributed by atoms with Crippen LogP contribution in [0.5, 0.6) is 0 Å². The van der Waals surface area contributed by atoms with Gasteiger partial charge in [-0.3, -0.25) is 0 Å². The van der Waals surface area contributed by atoms with E-state index in [2.05, 4.69) is 10.1 Å². The second kappa shape index (κ2) is 10.8. The number of carbonyl (C=O) groups excluding carboxylic acids is 1. The van der Waals surface area contributed by atoms with Gasteiger partial charge in [-0.25, -0.2) is 9.18 Å². The van der Waals surface area contributed by atoms with Gasteiger partial charge in [-0.1, -0.05) is 48.3 Å². The van der Waals surface area contributed by atoms with E-state index >= 15 is 0 Å². The fraction of sp³-hybridized carbons (Fsp3) is 0.467. The zero-order valence-corrected chi connectivity index (χ0v) is 23.5. The first kappa shape index (κ1) is 26.6. The molecular weight excluding hydrogens is 542 g/mol. The first-order chi connectivity index (χ1) is 18.8. The van der Waals surface area contributed by atoms with E-state index < -0.39 is 11.8 Å². The Bertz CT molecular complexity index is 1370. The Morgan fingerprint density at radius 2 is 1.95 bits per heavy atom. The normalized spacial score (nSPS) is 22.2. The molecule has 0 unspecified atom stereocenters. The lowest BCUT2D eigenvalue weighted by atomic mass is 10.0. The minimum absolute atomic E-state index is 0.0282. The molecule has 39 heavy (non-hydrogen) atoms. The summed E-state index contributed by atoms with van der Waals surface area (Å²) in [6.45, 7) is 5.30. The van der Waals surface area contributed by atoms with Crippen molar-refractivity contribution in [3.05, 3.63) is 69.1 Å². The number of halogens is 3. The number of benzene rings is 2. The predicted octanol–water partition coefficient (Wildman–Crippen LogP) is 7.66. The molecule has 2 aliphatic carbocycles. The van der Waals surface area contributed by atoms with E-state index in [1.54, 1.807) is 12.1 Å². The maximum atomic E-state index is 14.8. The van der Waals surface area contributed by atoms with Crippen LogP contribution in [0.2, 0.25) is 10.0 Å². The Morgan fingerprint density at radius 3 is 2.59 bits per heavy atom. The van der Waals surface area contributed by atoms with Crippen molar-refractivity contribution >= 4 is 34.9 Å². The van der Waals surface area contributed by atoms with Crippen molar-refractivity contribution in [2.24, 2.45) is 11.8 Å². The molecule has 6 rings (SSSR count). The Hall–Kier alpha value is -2.61. The van der Waals surface area contributed by atoms with Gasteiger partial charge in [0.1, 0.15) is 17.3 Å². The van der Waals surface area contributed by atoms with Crippen LogP contribution in [0.3, 0.4) is 0 Å². The molecule has 3 aliphatic rings. The van der Waals surface area contributed by atoms with Gasteiger partial charge in [0.15, 0.2) is 0 Å². The lowest BCUT2D eigenvalue weighted by molar-refractivity contribution is 0.0122. The number of fused-ring (bicyclic) bond motifs is 2. The number of esters is 1. The van der Waals surface area contributed by atoms with Gasteiger partial charge in [0.25, 0.3) is 0 Å². The minimum Gasteiger partial charge on any atom is -0.462 e. The van der Waals surface area contributed by atoms with Gasteiger partial charge in [0.2, 0.25) is 0 Å². The maximum absolute atomic E-state index is 14.8. The Labute approximate surface area is 237 Å². The number of anilines is 1. The van der Waals surface area contributed by atoms with Crippen LogP contribution in [0, 0.1) is 17.7 Å². The van der Waals surface area contributed by atoms with Gasteiger partial charge in [0.05, 0.1) is 34.9 Å². The number of piperidine rings is 1. The second-order valence-electron chi connectivity index (χ2n) is 11.3. The molecule has 3 aromatic rings. The summed E-state index contributed by atoms with van der Waals surface area (Å²) in [4.78, 5) is 14.5. The molecule has 0 spiro atoms. The third kappa shape index (κ3) is 5.29. The topological polar surface area (TPSA) is 64.8 Å². The first-order valence-electron chi connectivity index (χ1n) is 13.6. The Balaban J connectivity index is 1.13. The van der Waals surface area contributed by atoms with E-state index in [0.29, 0.717) is 39.7 Å². The van der Waals surface area contributed by atoms with Crippen LogP contribution in [0.1, 0.15) is 67.1 Å². The number of hydrogen-bond donors (Lipinski definition) is 0. The summed E-state index contributed by atoms with van der Waals surface area (Å²) >= 11 is 13.0. The smallest absolute Gasteiger partial charge is 0.341 e. The zero-order valence-electron chi connectivity index (χ0n) is 22.0. The summed E-state index contributed by atoms with van der Waals surface area (Å²) in [6, 6.07) is 10.4. The number of ether oxygens (including phenoxy) is 2. The Morgan fingerprint density at radius 1 is 1.18 bits per heavy atom. The van der Waals surface area contributed by atoms with Crippen molar-refractivity contribution in [2.45, 2.75) is 64.2 Å². The quantitative estimate of drug-likeness (QED) is 0.245. The maximum Gasteiger partial charge on any atom is 0.341 e. The van der Waals surface area contributed by atoms with Gasteiger partial charge in [-0.05, 0) is 61.9 Å². The van der Waals surface area contributed by atoms with Crippen molar-refractivity contribution in [3.63, 3.8) is 0 Å². The fourth-order valence-corrected chi connectivity index (χ4v) is 6.41. The highest BCUT2D eigenvalue weighted by Crippen LogP contribution is 2.47. The molecule has 1 aromatic heterocycles. The molecule has 206 valence electrons. The zero-order chi connectivity index (χ0) is 27.3. The molecule has 0 amide bonds. The van der Waals surface area contributed by atoms with Crippen LogP contribution < -0.4 is 4.90 Å². The molecule has 2 bridgehead atoms. The highest BCUT2D eigenvalue weighted by Gasteiger charge is 2.46. The number of hydrogen-bond acceptors (Lipinski definition) is 6. The third-order valence-corrected chi connectivity index (χ3v) is 8.57. The number of nitrogens with zero attached hydrogens (tertiary/aromatic N) is 2. The second-order valence-corrected chi connectivity index (χ2v) is 12.1. The summed E-state index contributed by atoms with van der Waals surface area (Å²) in [5, 5.41) is 5.42. The molecule has 9 heteroatoms. The van der Waals surface area contributed by atoms with Crippen LogP contribution in [-0.4, -0.2) is 36.4 Å². The van der Waals surface area contributed by atoms with E-state index in [1.165, 1.54) is 12.1 Å². The van der Waals surface area contributed by atoms with Crippen molar-refractivity contribution in [3.8, 4) is 11.3 Å². The summed E-state index contributed by atoms with van der Waals surface area (Å²) in [6.07, 6.45) is 4.05. The molecule has 3 atom stereocenters. The monoisotopic (exact) mass is 572 g/mol. The minimum atomic E-state index is -0.624. The van der Waals surface area contributed by atoms with Gasteiger partial charge < -0.3 is 18.9 Å². The summed E-state index contributed by atoms with van der Waals surface area (Å²) in [5.41, 5.74) is 3.01. The average Bonchev–Trinajstić information content (AvgIpc) is 3.35. The average molecular weight is 573 g/mol. The molecular formula is C30H31Cl2FN2O4. The number of rotatable bonds is 9. The van der Waals surface area contributed by atoms with Gasteiger partial charge in [-0.15, -0.1) is 0 Å². The summed E-state index contributed by atoms with van der Waals surface area (Å²) in [5.74, 6) is 0.571. The third-order valence-electron chi connectivity index (χ3n) is 7.94. The lowest BCUT2D eigenvalue weighted by Crippen LogP contribution is -2.38. The van der Waals surface area contributed by atoms with Crippen molar-refractivity contribution in [1.29, 1.82) is 0 Å². The standard InChI is InChI=1S/C30H31Cl2FN2O4/c1-16(2)14-38-30(36)21-9-8-19(11-25(21)33)35-13-18-10-20(35)12-26(18)37-15-22-28(34-39-29(22)17-6-7-17)27-23(31)4-3-5-24(27)32/h3-5,8-9,11,16-18,20,26H,6-7,10,12-15H2,1-2H3/t18-,20-,26+/m0/s1. The van der Waals surface area contributed by atoms with Gasteiger partial charge in [0, 0.05) is 41.2 Å². The molecule has 6 nitrogen and oxygen atoms in total. The van der Waals surface area contributed by atoms with Crippen LogP contribution in [0.4, 0.5) is 10.1 Å². The molecule has 2 heterocycles. The van der Waals surface area contributed by atoms with Crippen LogP contribution in [-0.2, 0) is 16.1 Å². The van der Waals surface area contributed by atoms with Crippen molar-refractivity contribution in [1.82, 2.24) is 5.16 Å². The van der Waals surface area contributed by atoms with E-state index in [0.717, 1.165) is 49.2 Å². The largest absolute Gasteiger partial charge is 0.462 e. The Kier molecular flexibility index (Phi) is 7.34. The molecule has 0 N–H and O–H groups in total. The molecule has 2 aromatic carbocycles. The SMILES string of the molecule is CC(C)COC(=O)c1ccc(N2C[C@@H]3C[C@H]2C[C@H]3OCc2c(-c3c(Cl)cccc3Cl)noc2C2CC2)cc1F. The van der Waals surface area contributed by atoms with E-state index in [9.17, 15) is 9.18 Å². The molecule has 3 fully saturated rings. The van der Waals surface area contributed by atoms with Crippen LogP contribution in [0.25, 0.3) is 11.3 Å². The highest BCUT2D eigenvalue weighted by molar-refractivity contribution is 6.39. The fourth-order valence-electron chi connectivity index (χ4n) is 5.83. The summed E-state index contributed by atoms with van der Waals surface area (Å²) in [7, 11) is 0. The highest BCUT2D eigenvalue weighted by atomic mass is 35.5. The molecule has 1 saturated heterocycles. The van der Waals surface area contributed by atoms with Crippen LogP contribution in [0.15, 0.2) is 40.9 Å². The van der Waals surface area contributed by atoms with E-state index in [-0.39, 0.29) is 30.2 Å². The van der Waals surface area contributed by atoms with Crippen molar-refractivity contribution in [2.75, 3.05) is 18.1 Å². The lowest BCUT2D eigenvalue weighted by Gasteiger charge is -2.33. The van der Waals surface area contributed by atoms with Gasteiger partial charge >= 0.3 is 5.97 Å². The molecule has 2 saturated carbocycles. The number of carbonyl (C=O) groups is 1. The first-order valence-corrected chi connectivity index (χ1v) is 14.3.